The van der Waals surface area contributed by atoms with Gasteiger partial charge in [-0.15, -0.1) is 44.8 Å². The molecule has 0 N–H and O–H groups in total. The molecule has 0 nitrogen and oxygen atoms in total. The van der Waals surface area contributed by atoms with Gasteiger partial charge in [0.15, 0.2) is 0 Å². The Kier molecular flexibility index (Phi) is 14.8. The van der Waals surface area contributed by atoms with Crippen molar-refractivity contribution in [3.63, 3.8) is 0 Å². The second kappa shape index (κ2) is 18.7. The third kappa shape index (κ3) is 9.77. The molecule has 8 rings (SSSR count). The van der Waals surface area contributed by atoms with Gasteiger partial charge >= 0.3 is 30.2 Å². The van der Waals surface area contributed by atoms with Crippen LogP contribution in [0.1, 0.15) is 55.6 Å². The van der Waals surface area contributed by atoms with E-state index in [-0.39, 0.29) is 14.9 Å². The molecule has 0 bridgehead atoms. The van der Waals surface area contributed by atoms with Crippen LogP contribution in [0.25, 0.3) is 66.1 Å². The summed E-state index contributed by atoms with van der Waals surface area (Å²) in [5, 5.41) is 5.40. The van der Waals surface area contributed by atoms with E-state index in [1.165, 1.54) is 145 Å². The molecule has 0 aromatic heterocycles. The van der Waals surface area contributed by atoms with Crippen LogP contribution in [0.3, 0.4) is 0 Å². The van der Waals surface area contributed by atoms with E-state index < -0.39 is 0 Å². The SMILES string of the molecule is Cc1cc(C)cc(-c2ccc(-c3cc(C)cc(C)c3)c3[cH-]c(C)cc23)c1.Cc1cc(C)cc(-c2ccc(-c3cc(C)cc(C)c3)c3[cH-]c(C)cc23)c1.[CH3-].[CH3-].[Si]=[Zr]. The first-order valence-corrected chi connectivity index (χ1v) is 23.0. The fourth-order valence-corrected chi connectivity index (χ4v) is 8.42. The standard InChI is InChI=1S/2C26H25.2CH3.Si.Zr/c2*1-16-8-17(2)11-21(10-16)23-6-7-24(26-15-20(5)14-25(23)26)22-12-18(3)9-19(4)13-22;;;;/h2*6-15H,1-5H3;2*1H3;;/q4*-1;;. The van der Waals surface area contributed by atoms with Gasteiger partial charge in [0.25, 0.3) is 0 Å². The van der Waals surface area contributed by atoms with E-state index in [2.05, 4.69) is 197 Å². The summed E-state index contributed by atoms with van der Waals surface area (Å²) >= 11 is 1.36. The van der Waals surface area contributed by atoms with Crippen molar-refractivity contribution < 1.29 is 23.3 Å². The topological polar surface area (TPSA) is 0 Å². The van der Waals surface area contributed by atoms with E-state index in [0.29, 0.717) is 0 Å². The zero-order valence-corrected chi connectivity index (χ0v) is 39.0. The molecule has 0 atom stereocenters. The quantitative estimate of drug-likeness (QED) is 0.123. The predicted octanol–water partition coefficient (Wildman–Crippen LogP) is 15.4. The first-order chi connectivity index (χ1) is 25.8. The second-order valence-corrected chi connectivity index (χ2v) is 15.5. The Bertz CT molecular complexity index is 2200. The van der Waals surface area contributed by atoms with Crippen molar-refractivity contribution in [1.29, 1.82) is 0 Å². The van der Waals surface area contributed by atoms with E-state index in [1.807, 2.05) is 0 Å². The zero-order chi connectivity index (χ0) is 38.8. The number of aryl methyl sites for hydroxylation is 10. The molecular weight excluding hydrogens is 768 g/mol. The zero-order valence-electron chi connectivity index (χ0n) is 35.5. The molecule has 0 spiro atoms. The minimum absolute atomic E-state index is 0. The van der Waals surface area contributed by atoms with Crippen LogP contribution in [0.2, 0.25) is 0 Å². The van der Waals surface area contributed by atoms with Crippen molar-refractivity contribution in [2.24, 2.45) is 0 Å². The van der Waals surface area contributed by atoms with Gasteiger partial charge in [-0.2, -0.15) is 12.1 Å². The number of benzene rings is 6. The molecule has 0 saturated heterocycles. The number of hydrogen-bond donors (Lipinski definition) is 0. The Balaban J connectivity index is 0.000000230. The molecule has 0 amide bonds. The van der Waals surface area contributed by atoms with Crippen LogP contribution in [0.15, 0.2) is 121 Å². The summed E-state index contributed by atoms with van der Waals surface area (Å²) in [6, 6.07) is 45.8. The van der Waals surface area contributed by atoms with Gasteiger partial charge in [0.05, 0.1) is 0 Å². The van der Waals surface area contributed by atoms with Crippen LogP contribution in [0.4, 0.5) is 0 Å². The Hall–Kier alpha value is -4.36. The Labute approximate surface area is 355 Å². The predicted molar refractivity (Wildman–Crippen MR) is 247 cm³/mol. The molecule has 0 heterocycles. The van der Waals surface area contributed by atoms with Gasteiger partial charge in [0.2, 0.25) is 0 Å². The van der Waals surface area contributed by atoms with E-state index in [0.717, 1.165) is 0 Å². The van der Waals surface area contributed by atoms with E-state index >= 15 is 0 Å². The van der Waals surface area contributed by atoms with Gasteiger partial charge in [0, 0.05) is 0 Å². The van der Waals surface area contributed by atoms with Gasteiger partial charge in [-0.3, -0.25) is 0 Å². The van der Waals surface area contributed by atoms with E-state index in [9.17, 15) is 0 Å². The molecule has 56 heavy (non-hydrogen) atoms. The number of fused-ring (bicyclic) bond motifs is 2. The molecule has 8 aromatic rings. The van der Waals surface area contributed by atoms with Crippen molar-refractivity contribution >= 4 is 28.4 Å². The van der Waals surface area contributed by atoms with Crippen LogP contribution in [-0.2, 0) is 23.3 Å². The molecule has 0 aliphatic carbocycles. The molecule has 2 heteroatoms. The molecule has 0 aliphatic rings. The third-order valence-corrected chi connectivity index (χ3v) is 10.2. The van der Waals surface area contributed by atoms with E-state index in [4.69, 9.17) is 0 Å². The average Bonchev–Trinajstić information content (AvgIpc) is 3.68. The van der Waals surface area contributed by atoms with Crippen LogP contribution in [0.5, 0.6) is 0 Å². The summed E-state index contributed by atoms with van der Waals surface area (Å²) in [5.74, 6) is 0. The van der Waals surface area contributed by atoms with Crippen molar-refractivity contribution in [2.45, 2.75) is 69.2 Å². The number of rotatable bonds is 4. The molecule has 8 aromatic carbocycles. The Morgan fingerprint density at radius 3 is 0.786 bits per heavy atom. The average molecular weight is 824 g/mol. The third-order valence-electron chi connectivity index (χ3n) is 10.2. The maximum absolute atomic E-state index is 3.06. The molecule has 0 unspecified atom stereocenters. The fourth-order valence-electron chi connectivity index (χ4n) is 8.42. The Morgan fingerprint density at radius 2 is 0.536 bits per heavy atom. The van der Waals surface area contributed by atoms with E-state index in [1.54, 1.807) is 0 Å². The van der Waals surface area contributed by atoms with Crippen molar-refractivity contribution in [1.82, 2.24) is 0 Å². The van der Waals surface area contributed by atoms with Crippen molar-refractivity contribution in [2.75, 3.05) is 0 Å². The molecule has 284 valence electrons. The summed E-state index contributed by atoms with van der Waals surface area (Å²) in [5.41, 5.74) is 23.7. The Morgan fingerprint density at radius 1 is 0.321 bits per heavy atom. The maximum atomic E-state index is 3.06. The summed E-state index contributed by atoms with van der Waals surface area (Å²) < 4.78 is 0. The molecule has 2 radical (unpaired) electrons. The van der Waals surface area contributed by atoms with Crippen LogP contribution in [0, 0.1) is 84.1 Å². The number of hydrogen-bond acceptors (Lipinski definition) is 0. The van der Waals surface area contributed by atoms with Crippen LogP contribution < -0.4 is 0 Å². The normalized spacial score (nSPS) is 10.5. The summed E-state index contributed by atoms with van der Waals surface area (Å²) in [6.45, 7) is 24.8. The van der Waals surface area contributed by atoms with Gasteiger partial charge < -0.3 is 14.9 Å². The van der Waals surface area contributed by atoms with Gasteiger partial charge in [-0.05, 0) is 66.5 Å². The summed E-state index contributed by atoms with van der Waals surface area (Å²) in [4.78, 5) is 0. The minimum atomic E-state index is 0. The molecular formula is C54H56SiZr-4. The van der Waals surface area contributed by atoms with Gasteiger partial charge in [-0.1, -0.05) is 189 Å². The first-order valence-electron chi connectivity index (χ1n) is 18.8. The monoisotopic (exact) mass is 822 g/mol. The first kappa shape index (κ1) is 44.4. The van der Waals surface area contributed by atoms with Gasteiger partial charge in [-0.25, -0.2) is 0 Å². The fraction of sp³-hybridized carbons (Fsp3) is 0.185. The molecule has 0 fully saturated rings. The van der Waals surface area contributed by atoms with Crippen LogP contribution in [-0.4, -0.2) is 6.88 Å². The van der Waals surface area contributed by atoms with Crippen molar-refractivity contribution in [3.05, 3.63) is 192 Å². The summed E-state index contributed by atoms with van der Waals surface area (Å²) in [7, 11) is 0. The summed E-state index contributed by atoms with van der Waals surface area (Å²) in [6.07, 6.45) is 0. The van der Waals surface area contributed by atoms with Gasteiger partial charge in [0.1, 0.15) is 0 Å². The second-order valence-electron chi connectivity index (χ2n) is 15.5. The molecule has 0 saturated carbocycles. The van der Waals surface area contributed by atoms with Crippen LogP contribution >= 0.6 is 0 Å². The molecule has 0 aliphatic heterocycles. The van der Waals surface area contributed by atoms with Crippen molar-refractivity contribution in [3.8, 4) is 44.5 Å².